The van der Waals surface area contributed by atoms with Gasteiger partial charge in [0, 0.05) is 23.3 Å². The number of aromatic nitrogens is 2. The molecule has 5 heteroatoms. The molecular formula is C10H11BrN2S2. The van der Waals surface area contributed by atoms with Gasteiger partial charge in [0.1, 0.15) is 0 Å². The van der Waals surface area contributed by atoms with E-state index in [1.165, 1.54) is 8.66 Å². The third kappa shape index (κ3) is 2.80. The fraction of sp³-hybridized carbons (Fsp3) is 0.300. The Hall–Kier alpha value is -0.390. The number of nitrogens with zero attached hydrogens (tertiary/aromatic N) is 1. The number of rotatable bonds is 3. The molecule has 0 aliphatic carbocycles. The Bertz CT molecular complexity index is 509. The maximum absolute atomic E-state index is 5.19. The minimum atomic E-state index is 0.808. The van der Waals surface area contributed by atoms with Crippen LogP contribution >= 0.6 is 39.5 Å². The third-order valence-electron chi connectivity index (χ3n) is 2.14. The van der Waals surface area contributed by atoms with Crippen molar-refractivity contribution in [2.45, 2.75) is 19.9 Å². The molecule has 0 atom stereocenters. The molecule has 0 aliphatic rings. The number of thiophene rings is 1. The Morgan fingerprint density at radius 3 is 2.87 bits per heavy atom. The van der Waals surface area contributed by atoms with Crippen molar-refractivity contribution in [2.24, 2.45) is 0 Å². The molecule has 15 heavy (non-hydrogen) atoms. The summed E-state index contributed by atoms with van der Waals surface area (Å²) in [6.07, 6.45) is 3.09. The SMILES string of the molecule is Cc1cn(CCc2ccc(Br)s2)c(=S)[nH]1. The molecule has 2 nitrogen and oxygen atoms in total. The molecule has 0 saturated carbocycles. The lowest BCUT2D eigenvalue weighted by atomic mass is 10.3. The molecule has 2 aromatic rings. The van der Waals surface area contributed by atoms with Crippen LogP contribution in [0, 0.1) is 11.7 Å². The van der Waals surface area contributed by atoms with Gasteiger partial charge in [-0.25, -0.2) is 0 Å². The van der Waals surface area contributed by atoms with E-state index in [9.17, 15) is 0 Å². The van der Waals surface area contributed by atoms with Gasteiger partial charge < -0.3 is 9.55 Å². The minimum absolute atomic E-state index is 0.808. The summed E-state index contributed by atoms with van der Waals surface area (Å²) >= 11 is 10.4. The van der Waals surface area contributed by atoms with Crippen LogP contribution in [0.5, 0.6) is 0 Å². The summed E-state index contributed by atoms with van der Waals surface area (Å²) in [5.41, 5.74) is 1.12. The second-order valence-electron chi connectivity index (χ2n) is 3.39. The van der Waals surface area contributed by atoms with Crippen molar-refractivity contribution in [2.75, 3.05) is 0 Å². The fourth-order valence-corrected chi connectivity index (χ4v) is 3.22. The topological polar surface area (TPSA) is 20.7 Å². The van der Waals surface area contributed by atoms with Crippen LogP contribution in [0.1, 0.15) is 10.6 Å². The van der Waals surface area contributed by atoms with Gasteiger partial charge in [-0.1, -0.05) is 0 Å². The lowest BCUT2D eigenvalue weighted by Crippen LogP contribution is -1.98. The molecule has 0 radical (unpaired) electrons. The van der Waals surface area contributed by atoms with Crippen molar-refractivity contribution in [1.29, 1.82) is 0 Å². The summed E-state index contributed by atoms with van der Waals surface area (Å²) in [6, 6.07) is 4.24. The normalized spacial score (nSPS) is 10.8. The predicted octanol–water partition coefficient (Wildman–Crippen LogP) is 3.92. The highest BCUT2D eigenvalue weighted by Crippen LogP contribution is 2.22. The zero-order chi connectivity index (χ0) is 10.8. The second kappa shape index (κ2) is 4.63. The lowest BCUT2D eigenvalue weighted by Gasteiger charge is -1.99. The molecule has 2 rings (SSSR count). The van der Waals surface area contributed by atoms with Crippen LogP contribution in [0.25, 0.3) is 0 Å². The number of H-pyrrole nitrogens is 1. The number of aryl methyl sites for hydroxylation is 3. The highest BCUT2D eigenvalue weighted by Gasteiger charge is 2.00. The summed E-state index contributed by atoms with van der Waals surface area (Å²) in [4.78, 5) is 4.50. The molecule has 0 bridgehead atoms. The zero-order valence-electron chi connectivity index (χ0n) is 8.29. The zero-order valence-corrected chi connectivity index (χ0v) is 11.5. The van der Waals surface area contributed by atoms with Gasteiger partial charge >= 0.3 is 0 Å². The average Bonchev–Trinajstić information content (AvgIpc) is 2.70. The van der Waals surface area contributed by atoms with E-state index in [-0.39, 0.29) is 0 Å². The summed E-state index contributed by atoms with van der Waals surface area (Å²) < 4.78 is 4.08. The van der Waals surface area contributed by atoms with E-state index in [1.807, 2.05) is 6.92 Å². The second-order valence-corrected chi connectivity index (χ2v) is 6.33. The Morgan fingerprint density at radius 1 is 1.53 bits per heavy atom. The van der Waals surface area contributed by atoms with Crippen molar-refractivity contribution in [3.05, 3.63) is 37.5 Å². The van der Waals surface area contributed by atoms with Gasteiger partial charge in [0.15, 0.2) is 4.77 Å². The van der Waals surface area contributed by atoms with Gasteiger partial charge in [-0.15, -0.1) is 11.3 Å². The Balaban J connectivity index is 2.05. The van der Waals surface area contributed by atoms with Gasteiger partial charge in [0.25, 0.3) is 0 Å². The van der Waals surface area contributed by atoms with E-state index >= 15 is 0 Å². The average molecular weight is 303 g/mol. The summed E-state index contributed by atoms with van der Waals surface area (Å²) in [6.45, 7) is 2.96. The molecule has 2 heterocycles. The lowest BCUT2D eigenvalue weighted by molar-refractivity contribution is 0.692. The van der Waals surface area contributed by atoms with Gasteiger partial charge in [-0.2, -0.15) is 0 Å². The first-order chi connectivity index (χ1) is 7.15. The molecule has 0 saturated heterocycles. The highest BCUT2D eigenvalue weighted by molar-refractivity contribution is 9.11. The molecule has 0 aliphatic heterocycles. The fourth-order valence-electron chi connectivity index (χ4n) is 1.45. The Kier molecular flexibility index (Phi) is 3.43. The van der Waals surface area contributed by atoms with Crippen LogP contribution in [0.3, 0.4) is 0 Å². The van der Waals surface area contributed by atoms with E-state index in [2.05, 4.69) is 43.8 Å². The summed E-state index contributed by atoms with van der Waals surface area (Å²) in [5, 5.41) is 0. The van der Waals surface area contributed by atoms with E-state index < -0.39 is 0 Å². The molecule has 0 amide bonds. The van der Waals surface area contributed by atoms with Gasteiger partial charge in [0.2, 0.25) is 0 Å². The van der Waals surface area contributed by atoms with Crippen molar-refractivity contribution in [3.63, 3.8) is 0 Å². The first-order valence-corrected chi connectivity index (χ1v) is 6.67. The Labute approximate surface area is 106 Å². The molecule has 0 spiro atoms. The number of halogens is 1. The van der Waals surface area contributed by atoms with Gasteiger partial charge in [-0.3, -0.25) is 0 Å². The molecule has 0 fully saturated rings. The highest BCUT2D eigenvalue weighted by atomic mass is 79.9. The summed E-state index contributed by atoms with van der Waals surface area (Å²) in [7, 11) is 0. The number of aromatic amines is 1. The maximum Gasteiger partial charge on any atom is 0.177 e. The number of nitrogens with one attached hydrogen (secondary N) is 1. The van der Waals surface area contributed by atoms with Crippen LogP contribution in [-0.4, -0.2) is 9.55 Å². The van der Waals surface area contributed by atoms with E-state index in [1.54, 1.807) is 11.3 Å². The largest absolute Gasteiger partial charge is 0.335 e. The first-order valence-electron chi connectivity index (χ1n) is 4.65. The van der Waals surface area contributed by atoms with Crippen LogP contribution in [0.4, 0.5) is 0 Å². The molecule has 80 valence electrons. The van der Waals surface area contributed by atoms with Crippen LogP contribution in [0.15, 0.2) is 22.1 Å². The van der Waals surface area contributed by atoms with Crippen molar-refractivity contribution in [3.8, 4) is 0 Å². The van der Waals surface area contributed by atoms with Crippen molar-refractivity contribution >= 4 is 39.5 Å². The van der Waals surface area contributed by atoms with Crippen molar-refractivity contribution in [1.82, 2.24) is 9.55 Å². The van der Waals surface area contributed by atoms with Crippen LogP contribution in [0.2, 0.25) is 0 Å². The maximum atomic E-state index is 5.19. The third-order valence-corrected chi connectivity index (χ3v) is 4.16. The van der Waals surface area contributed by atoms with Gasteiger partial charge in [0.05, 0.1) is 3.79 Å². The van der Waals surface area contributed by atoms with Crippen molar-refractivity contribution < 1.29 is 0 Å². The van der Waals surface area contributed by atoms with Gasteiger partial charge in [-0.05, 0) is 53.6 Å². The monoisotopic (exact) mass is 302 g/mol. The predicted molar refractivity (Wildman–Crippen MR) is 70.1 cm³/mol. The number of imidazole rings is 1. The quantitative estimate of drug-likeness (QED) is 0.852. The molecular weight excluding hydrogens is 292 g/mol. The first kappa shape index (κ1) is 11.1. The van der Waals surface area contributed by atoms with E-state index in [0.717, 1.165) is 23.4 Å². The van der Waals surface area contributed by atoms with E-state index in [4.69, 9.17) is 12.2 Å². The molecule has 2 aromatic heterocycles. The number of hydrogen-bond acceptors (Lipinski definition) is 2. The minimum Gasteiger partial charge on any atom is -0.335 e. The van der Waals surface area contributed by atoms with Crippen LogP contribution < -0.4 is 0 Å². The molecule has 0 aromatic carbocycles. The summed E-state index contributed by atoms with van der Waals surface area (Å²) in [5.74, 6) is 0. The molecule has 1 N–H and O–H groups in total. The standard InChI is InChI=1S/C10H11BrN2S2/c1-7-6-13(10(14)12-7)5-4-8-2-3-9(11)15-8/h2-3,6H,4-5H2,1H3,(H,12,14). The van der Waals surface area contributed by atoms with Crippen LogP contribution in [-0.2, 0) is 13.0 Å². The van der Waals surface area contributed by atoms with E-state index in [0.29, 0.717) is 0 Å². The Morgan fingerprint density at radius 2 is 2.33 bits per heavy atom. The number of hydrogen-bond donors (Lipinski definition) is 1. The molecule has 0 unspecified atom stereocenters. The smallest absolute Gasteiger partial charge is 0.177 e.